The minimum Gasteiger partial charge on any atom is -0.481 e. The first-order chi connectivity index (χ1) is 9.90. The van der Waals surface area contributed by atoms with Crippen molar-refractivity contribution >= 4 is 23.5 Å². The molecule has 2 heterocycles. The van der Waals surface area contributed by atoms with E-state index < -0.39 is 11.4 Å². The molecule has 21 heavy (non-hydrogen) atoms. The molecule has 1 aromatic rings. The number of hydrogen-bond donors (Lipinski definition) is 1. The average molecular weight is 311 g/mol. The van der Waals surface area contributed by atoms with E-state index in [1.54, 1.807) is 24.1 Å². The number of piperidine rings is 1. The van der Waals surface area contributed by atoms with Crippen molar-refractivity contribution in [2.75, 3.05) is 13.1 Å². The lowest BCUT2D eigenvalue weighted by atomic mass is 9.82. The maximum Gasteiger partial charge on any atom is 0.311 e. The lowest BCUT2D eigenvalue weighted by molar-refractivity contribution is -0.150. The Morgan fingerprint density at radius 1 is 1.43 bits per heavy atom. The van der Waals surface area contributed by atoms with E-state index in [1.807, 2.05) is 4.57 Å². The number of halogens is 1. The Balaban J connectivity index is 1.83. The Morgan fingerprint density at radius 3 is 2.76 bits per heavy atom. The van der Waals surface area contributed by atoms with Gasteiger partial charge in [-0.25, -0.2) is 0 Å². The van der Waals surface area contributed by atoms with Crippen molar-refractivity contribution in [3.63, 3.8) is 0 Å². The highest BCUT2D eigenvalue weighted by molar-refractivity contribution is 6.31. The summed E-state index contributed by atoms with van der Waals surface area (Å²) in [7, 11) is 0. The molecule has 1 aliphatic carbocycles. The molecule has 1 amide bonds. The van der Waals surface area contributed by atoms with Crippen LogP contribution in [0, 0.1) is 5.41 Å². The van der Waals surface area contributed by atoms with Gasteiger partial charge in [-0.05, 0) is 38.7 Å². The summed E-state index contributed by atoms with van der Waals surface area (Å²) in [4.78, 5) is 25.8. The van der Waals surface area contributed by atoms with E-state index in [-0.39, 0.29) is 12.5 Å². The fourth-order valence-electron chi connectivity index (χ4n) is 3.02. The van der Waals surface area contributed by atoms with Crippen LogP contribution in [0.2, 0.25) is 5.02 Å². The maximum atomic E-state index is 12.7. The average Bonchev–Trinajstić information content (AvgIpc) is 3.21. The molecule has 1 saturated carbocycles. The molecule has 5 nitrogen and oxygen atoms in total. The first kappa shape index (κ1) is 14.4. The summed E-state index contributed by atoms with van der Waals surface area (Å²) in [5.74, 6) is -0.948. The van der Waals surface area contributed by atoms with E-state index in [4.69, 9.17) is 11.6 Å². The van der Waals surface area contributed by atoms with Gasteiger partial charge in [-0.15, -0.1) is 0 Å². The topological polar surface area (TPSA) is 62.5 Å². The molecule has 0 bridgehead atoms. The van der Waals surface area contributed by atoms with Crippen LogP contribution in [0.3, 0.4) is 0 Å². The number of hydrogen-bond acceptors (Lipinski definition) is 2. The molecule has 1 aromatic heterocycles. The number of nitrogens with zero attached hydrogens (tertiary/aromatic N) is 2. The smallest absolute Gasteiger partial charge is 0.311 e. The second-order valence-corrected chi connectivity index (χ2v) is 6.81. The van der Waals surface area contributed by atoms with Gasteiger partial charge in [-0.3, -0.25) is 9.59 Å². The number of rotatable bonds is 3. The molecule has 1 unspecified atom stereocenters. The minimum atomic E-state index is -0.852. The molecule has 1 saturated heterocycles. The largest absolute Gasteiger partial charge is 0.481 e. The van der Waals surface area contributed by atoms with Gasteiger partial charge in [-0.1, -0.05) is 11.6 Å². The van der Waals surface area contributed by atoms with Gasteiger partial charge >= 0.3 is 5.97 Å². The minimum absolute atomic E-state index is 0.110. The molecular formula is C15H19ClN2O3. The second-order valence-electron chi connectivity index (χ2n) is 6.38. The van der Waals surface area contributed by atoms with Crippen molar-refractivity contribution in [2.45, 2.75) is 38.6 Å². The first-order valence-corrected chi connectivity index (χ1v) is 7.68. The van der Waals surface area contributed by atoms with E-state index in [0.29, 0.717) is 36.1 Å². The molecule has 1 atom stereocenters. The highest BCUT2D eigenvalue weighted by Crippen LogP contribution is 2.38. The Kier molecular flexibility index (Phi) is 3.48. The number of aromatic nitrogens is 1. The van der Waals surface area contributed by atoms with Gasteiger partial charge < -0.3 is 14.6 Å². The SMILES string of the molecule is CC1(C(=O)O)CCCN(C(=O)c2cc(Cl)cn2C2CC2)C1. The summed E-state index contributed by atoms with van der Waals surface area (Å²) in [6.45, 7) is 2.57. The number of carbonyl (C=O) groups is 2. The van der Waals surface area contributed by atoms with Crippen LogP contribution in [0.1, 0.15) is 49.1 Å². The molecule has 2 fully saturated rings. The molecular weight excluding hydrogens is 292 g/mol. The molecule has 0 radical (unpaired) electrons. The Bertz CT molecular complexity index is 594. The van der Waals surface area contributed by atoms with Crippen LogP contribution in [0.25, 0.3) is 0 Å². The van der Waals surface area contributed by atoms with Crippen LogP contribution in [0.15, 0.2) is 12.3 Å². The molecule has 6 heteroatoms. The van der Waals surface area contributed by atoms with Gasteiger partial charge in [0.25, 0.3) is 5.91 Å². The quantitative estimate of drug-likeness (QED) is 0.933. The zero-order valence-electron chi connectivity index (χ0n) is 12.0. The van der Waals surface area contributed by atoms with Crippen molar-refractivity contribution in [3.8, 4) is 0 Å². The normalized spacial score (nSPS) is 25.9. The lowest BCUT2D eigenvalue weighted by Crippen LogP contribution is -2.48. The molecule has 0 spiro atoms. The number of likely N-dealkylation sites (tertiary alicyclic amines) is 1. The van der Waals surface area contributed by atoms with Crippen molar-refractivity contribution < 1.29 is 14.7 Å². The molecule has 1 N–H and O–H groups in total. The number of carboxylic acids is 1. The van der Waals surface area contributed by atoms with Gasteiger partial charge in [0.2, 0.25) is 0 Å². The highest BCUT2D eigenvalue weighted by Gasteiger charge is 2.40. The Hall–Kier alpha value is -1.49. The molecule has 2 aliphatic rings. The van der Waals surface area contributed by atoms with Crippen LogP contribution in [0.4, 0.5) is 0 Å². The van der Waals surface area contributed by atoms with Gasteiger partial charge in [0, 0.05) is 25.3 Å². The summed E-state index contributed by atoms with van der Waals surface area (Å²) < 4.78 is 1.94. The van der Waals surface area contributed by atoms with E-state index in [1.165, 1.54) is 0 Å². The third-order valence-electron chi connectivity index (χ3n) is 4.47. The predicted molar refractivity (Wildman–Crippen MR) is 78.6 cm³/mol. The highest BCUT2D eigenvalue weighted by atomic mass is 35.5. The fourth-order valence-corrected chi connectivity index (χ4v) is 3.23. The number of carboxylic acid groups (broad SMARTS) is 1. The van der Waals surface area contributed by atoms with Crippen LogP contribution in [0.5, 0.6) is 0 Å². The second kappa shape index (κ2) is 5.05. The number of amides is 1. The lowest BCUT2D eigenvalue weighted by Gasteiger charge is -2.37. The van der Waals surface area contributed by atoms with E-state index in [9.17, 15) is 14.7 Å². The predicted octanol–water partition coefficient (Wildman–Crippen LogP) is 2.80. The Morgan fingerprint density at radius 2 is 2.14 bits per heavy atom. The summed E-state index contributed by atoms with van der Waals surface area (Å²) in [5.41, 5.74) is -0.272. The van der Waals surface area contributed by atoms with Gasteiger partial charge in [-0.2, -0.15) is 0 Å². The van der Waals surface area contributed by atoms with Crippen molar-refractivity contribution in [3.05, 3.63) is 23.0 Å². The van der Waals surface area contributed by atoms with Crippen LogP contribution < -0.4 is 0 Å². The molecule has 0 aromatic carbocycles. The maximum absolute atomic E-state index is 12.7. The van der Waals surface area contributed by atoms with Crippen molar-refractivity contribution in [1.29, 1.82) is 0 Å². The third-order valence-corrected chi connectivity index (χ3v) is 4.68. The van der Waals surface area contributed by atoms with Gasteiger partial charge in [0.05, 0.1) is 10.4 Å². The van der Waals surface area contributed by atoms with Crippen LogP contribution in [-0.4, -0.2) is 39.5 Å². The van der Waals surface area contributed by atoms with Gasteiger partial charge in [0.15, 0.2) is 0 Å². The number of aliphatic carboxylic acids is 1. The Labute approximate surface area is 128 Å². The zero-order valence-corrected chi connectivity index (χ0v) is 12.8. The van der Waals surface area contributed by atoms with Crippen molar-refractivity contribution in [1.82, 2.24) is 9.47 Å². The summed E-state index contributed by atoms with van der Waals surface area (Å²) in [5, 5.41) is 9.92. The third kappa shape index (κ3) is 2.67. The summed E-state index contributed by atoms with van der Waals surface area (Å²) in [6, 6.07) is 2.06. The standard InChI is InChI=1S/C15H19ClN2O3/c1-15(14(20)21)5-2-6-17(9-15)13(19)12-7-10(16)8-18(12)11-3-4-11/h7-8,11H,2-6,9H2,1H3,(H,20,21). The van der Waals surface area contributed by atoms with Crippen molar-refractivity contribution in [2.24, 2.45) is 5.41 Å². The van der Waals surface area contributed by atoms with Crippen LogP contribution >= 0.6 is 11.6 Å². The fraction of sp³-hybridized carbons (Fsp3) is 0.600. The van der Waals surface area contributed by atoms with Crippen LogP contribution in [-0.2, 0) is 4.79 Å². The summed E-state index contributed by atoms with van der Waals surface area (Å²) >= 11 is 6.04. The first-order valence-electron chi connectivity index (χ1n) is 7.31. The number of carbonyl (C=O) groups excluding carboxylic acids is 1. The van der Waals surface area contributed by atoms with E-state index in [0.717, 1.165) is 12.8 Å². The summed E-state index contributed by atoms with van der Waals surface area (Å²) in [6.07, 6.45) is 5.26. The van der Waals surface area contributed by atoms with Gasteiger partial charge in [0.1, 0.15) is 5.69 Å². The van der Waals surface area contributed by atoms with E-state index >= 15 is 0 Å². The monoisotopic (exact) mass is 310 g/mol. The molecule has 1 aliphatic heterocycles. The zero-order chi connectivity index (χ0) is 15.2. The molecule has 3 rings (SSSR count). The van der Waals surface area contributed by atoms with E-state index in [2.05, 4.69) is 0 Å². The molecule has 114 valence electrons.